The number of rotatable bonds is 5. The number of aromatic amines is 3. The van der Waals surface area contributed by atoms with Crippen molar-refractivity contribution >= 4 is 23.1 Å². The van der Waals surface area contributed by atoms with Gasteiger partial charge in [-0.25, -0.2) is 19.6 Å². The van der Waals surface area contributed by atoms with E-state index in [9.17, 15) is 9.59 Å². The van der Waals surface area contributed by atoms with Crippen LogP contribution in [0.1, 0.15) is 96.7 Å². The highest BCUT2D eigenvalue weighted by molar-refractivity contribution is 6.03. The first-order valence-electron chi connectivity index (χ1n) is 17.6. The van der Waals surface area contributed by atoms with E-state index in [4.69, 9.17) is 14.5 Å². The lowest BCUT2D eigenvalue weighted by Crippen LogP contribution is -2.36. The number of aryl methyl sites for hydroxylation is 1. The summed E-state index contributed by atoms with van der Waals surface area (Å²) in [5, 5.41) is 1.12. The van der Waals surface area contributed by atoms with Crippen LogP contribution in [0.5, 0.6) is 0 Å². The van der Waals surface area contributed by atoms with Gasteiger partial charge in [0, 0.05) is 29.7 Å². The molecule has 262 valence electrons. The Morgan fingerprint density at radius 2 is 1.20 bits per heavy atom. The van der Waals surface area contributed by atoms with E-state index >= 15 is 0 Å². The van der Waals surface area contributed by atoms with Crippen molar-refractivity contribution < 1.29 is 19.1 Å². The molecule has 2 fully saturated rings. The Bertz CT molecular complexity index is 2030. The molecule has 5 aromatic rings. The van der Waals surface area contributed by atoms with Crippen molar-refractivity contribution in [2.75, 3.05) is 13.1 Å². The van der Waals surface area contributed by atoms with Gasteiger partial charge in [-0.2, -0.15) is 0 Å². The van der Waals surface area contributed by atoms with Crippen LogP contribution in [0.25, 0.3) is 44.5 Å². The maximum absolute atomic E-state index is 12.9. The maximum Gasteiger partial charge on any atom is 0.410 e. The van der Waals surface area contributed by atoms with Gasteiger partial charge >= 0.3 is 12.2 Å². The largest absolute Gasteiger partial charge is 0.444 e. The first-order valence-corrected chi connectivity index (χ1v) is 17.6. The predicted molar refractivity (Wildman–Crippen MR) is 193 cm³/mol. The summed E-state index contributed by atoms with van der Waals surface area (Å²) in [6.07, 6.45) is 6.60. The van der Waals surface area contributed by atoms with Crippen LogP contribution in [0.15, 0.2) is 54.9 Å². The number of ether oxygens (including phenoxy) is 2. The lowest BCUT2D eigenvalue weighted by molar-refractivity contribution is 0.0208. The van der Waals surface area contributed by atoms with Gasteiger partial charge in [0.05, 0.1) is 41.4 Å². The van der Waals surface area contributed by atoms with Gasteiger partial charge in [0.25, 0.3) is 0 Å². The molecule has 3 N–H and O–H groups in total. The number of nitrogens with one attached hydrogen (secondary N) is 3. The Balaban J connectivity index is 1.11. The summed E-state index contributed by atoms with van der Waals surface area (Å²) in [6.45, 7) is 14.7. The number of amides is 2. The number of nitrogens with zero attached hydrogens (tertiary/aromatic N) is 4. The van der Waals surface area contributed by atoms with Crippen molar-refractivity contribution in [1.82, 2.24) is 34.7 Å². The number of carbonyl (C=O) groups is 2. The molecule has 2 aliphatic heterocycles. The summed E-state index contributed by atoms with van der Waals surface area (Å²) in [6, 6.07) is 14.7. The molecule has 0 bridgehead atoms. The van der Waals surface area contributed by atoms with E-state index in [0.717, 1.165) is 87.6 Å². The van der Waals surface area contributed by atoms with Crippen LogP contribution < -0.4 is 0 Å². The standard InChI is InChI=1S/C39H47N7O4/c1-23-20-28-26(16-17-27(33(28)42-23)30-22-41-35(44-30)32-11-9-19-46(32)37(48)50-39(5,6)7)24-12-14-25(15-13-24)29-21-40-34(43-29)31-10-8-18-45(31)36(47)49-38(2,3)4/h12-17,20-22,31-32,42H,8-11,18-19H2,1-7H3,(H,40,43)(H,41,44)/t31-,32-/m0/s1. The summed E-state index contributed by atoms with van der Waals surface area (Å²) in [7, 11) is 0. The molecule has 0 aliphatic carbocycles. The Morgan fingerprint density at radius 1 is 0.700 bits per heavy atom. The van der Waals surface area contributed by atoms with Crippen molar-refractivity contribution in [3.05, 3.63) is 72.2 Å². The van der Waals surface area contributed by atoms with Gasteiger partial charge in [0.15, 0.2) is 0 Å². The van der Waals surface area contributed by atoms with Crippen LogP contribution >= 0.6 is 0 Å². The molecule has 0 spiro atoms. The first kappa shape index (κ1) is 33.4. The smallest absolute Gasteiger partial charge is 0.410 e. The van der Waals surface area contributed by atoms with Crippen molar-refractivity contribution in [2.45, 2.75) is 97.4 Å². The fraction of sp³-hybridized carbons (Fsp3) is 0.436. The Hall–Kier alpha value is -5.06. The lowest BCUT2D eigenvalue weighted by atomic mass is 9.97. The second-order valence-corrected chi connectivity index (χ2v) is 15.5. The van der Waals surface area contributed by atoms with E-state index in [2.05, 4.69) is 69.3 Å². The number of carbonyl (C=O) groups excluding carboxylic acids is 2. The monoisotopic (exact) mass is 677 g/mol. The molecular formula is C39H47N7O4. The number of aromatic nitrogens is 5. The van der Waals surface area contributed by atoms with E-state index in [0.29, 0.717) is 13.1 Å². The third-order valence-electron chi connectivity index (χ3n) is 9.31. The summed E-state index contributed by atoms with van der Waals surface area (Å²) in [5.74, 6) is 1.55. The molecule has 50 heavy (non-hydrogen) atoms. The van der Waals surface area contributed by atoms with Crippen LogP contribution in [-0.2, 0) is 9.47 Å². The lowest BCUT2D eigenvalue weighted by Gasteiger charge is -2.27. The molecule has 11 heteroatoms. The minimum Gasteiger partial charge on any atom is -0.444 e. The fourth-order valence-corrected chi connectivity index (χ4v) is 7.14. The molecule has 3 aromatic heterocycles. The van der Waals surface area contributed by atoms with Crippen LogP contribution in [0.2, 0.25) is 0 Å². The van der Waals surface area contributed by atoms with Crippen molar-refractivity contribution in [3.63, 3.8) is 0 Å². The quantitative estimate of drug-likeness (QED) is 0.170. The Labute approximate surface area is 292 Å². The van der Waals surface area contributed by atoms with Gasteiger partial charge in [0.1, 0.15) is 22.9 Å². The average molecular weight is 678 g/mol. The SMILES string of the molecule is Cc1cc2c(-c3ccc(-c4cnc([C@@H]5CCCN5C(=O)OC(C)(C)C)[nH]4)cc3)ccc(-c3cnc([C@@H]4CCCN4C(=O)OC(C)(C)C)[nH]3)c2[nH]1. The van der Waals surface area contributed by atoms with E-state index in [-0.39, 0.29) is 24.3 Å². The average Bonchev–Trinajstić information content (AvgIpc) is 3.87. The molecule has 0 radical (unpaired) electrons. The van der Waals surface area contributed by atoms with E-state index < -0.39 is 11.2 Å². The van der Waals surface area contributed by atoms with Crippen molar-refractivity contribution in [1.29, 1.82) is 0 Å². The van der Waals surface area contributed by atoms with Gasteiger partial charge < -0.3 is 24.4 Å². The highest BCUT2D eigenvalue weighted by atomic mass is 16.6. The number of likely N-dealkylation sites (tertiary alicyclic amines) is 2. The molecule has 0 unspecified atom stereocenters. The van der Waals surface area contributed by atoms with Crippen LogP contribution in [0.3, 0.4) is 0 Å². The zero-order valence-corrected chi connectivity index (χ0v) is 30.0. The maximum atomic E-state index is 12.9. The predicted octanol–water partition coefficient (Wildman–Crippen LogP) is 9.07. The molecule has 0 saturated carbocycles. The van der Waals surface area contributed by atoms with Crippen LogP contribution in [0.4, 0.5) is 9.59 Å². The highest BCUT2D eigenvalue weighted by Gasteiger charge is 2.36. The Kier molecular flexibility index (Phi) is 8.48. The molecule has 11 nitrogen and oxygen atoms in total. The number of H-pyrrole nitrogens is 3. The summed E-state index contributed by atoms with van der Waals surface area (Å²) >= 11 is 0. The molecular weight excluding hydrogens is 630 g/mol. The van der Waals surface area contributed by atoms with Crippen LogP contribution in [-0.4, -0.2) is 71.2 Å². The van der Waals surface area contributed by atoms with E-state index in [1.807, 2.05) is 53.9 Å². The number of fused-ring (bicyclic) bond motifs is 1. The van der Waals surface area contributed by atoms with Crippen LogP contribution in [0, 0.1) is 6.92 Å². The summed E-state index contributed by atoms with van der Waals surface area (Å²) in [5.41, 5.74) is 7.05. The normalized spacial score (nSPS) is 18.3. The molecule has 2 aromatic carbocycles. The van der Waals surface area contributed by atoms with E-state index in [1.54, 1.807) is 9.80 Å². The van der Waals surface area contributed by atoms with Crippen molar-refractivity contribution in [2.24, 2.45) is 0 Å². The second kappa shape index (κ2) is 12.7. The first-order chi connectivity index (χ1) is 23.7. The van der Waals surface area contributed by atoms with Gasteiger partial charge in [-0.1, -0.05) is 36.4 Å². The fourth-order valence-electron chi connectivity index (χ4n) is 7.14. The molecule has 2 amide bonds. The zero-order chi connectivity index (χ0) is 35.4. The molecule has 2 aliphatic rings. The van der Waals surface area contributed by atoms with Gasteiger partial charge in [-0.3, -0.25) is 9.80 Å². The van der Waals surface area contributed by atoms with E-state index in [1.165, 1.54) is 0 Å². The number of imidazole rings is 2. The molecule has 2 saturated heterocycles. The van der Waals surface area contributed by atoms with Gasteiger partial charge in [0.2, 0.25) is 0 Å². The topological polar surface area (TPSA) is 132 Å². The number of hydrogen-bond donors (Lipinski definition) is 3. The Morgan fingerprint density at radius 3 is 1.76 bits per heavy atom. The number of benzene rings is 2. The third kappa shape index (κ3) is 6.73. The molecule has 2 atom stereocenters. The zero-order valence-electron chi connectivity index (χ0n) is 30.0. The van der Waals surface area contributed by atoms with Gasteiger partial charge in [-0.15, -0.1) is 0 Å². The van der Waals surface area contributed by atoms with Gasteiger partial charge in [-0.05, 0) is 96.9 Å². The molecule has 7 rings (SSSR count). The highest BCUT2D eigenvalue weighted by Crippen LogP contribution is 2.38. The summed E-state index contributed by atoms with van der Waals surface area (Å²) in [4.78, 5) is 49.3. The minimum atomic E-state index is -0.553. The molecule has 5 heterocycles. The van der Waals surface area contributed by atoms with Crippen molar-refractivity contribution in [3.8, 4) is 33.6 Å². The third-order valence-corrected chi connectivity index (χ3v) is 9.31. The number of hydrogen-bond acceptors (Lipinski definition) is 6. The second-order valence-electron chi connectivity index (χ2n) is 15.5. The summed E-state index contributed by atoms with van der Waals surface area (Å²) < 4.78 is 11.3. The minimum absolute atomic E-state index is 0.130.